The van der Waals surface area contributed by atoms with E-state index in [9.17, 15) is 19.5 Å². The fourth-order valence-electron chi connectivity index (χ4n) is 8.28. The Balaban J connectivity index is 0.000000213. The molecule has 9 nitrogen and oxygen atoms in total. The summed E-state index contributed by atoms with van der Waals surface area (Å²) < 4.78 is 11.0. The van der Waals surface area contributed by atoms with Crippen molar-refractivity contribution in [2.75, 3.05) is 33.4 Å². The van der Waals surface area contributed by atoms with E-state index in [0.717, 1.165) is 43.4 Å². The molecule has 3 amide bonds. The number of ether oxygens (including phenoxy) is 2. The molecule has 9 rings (SSSR count). The Labute approximate surface area is 412 Å². The first-order valence-electron chi connectivity index (χ1n) is 23.9. The Morgan fingerprint density at radius 3 is 1.24 bits per heavy atom. The van der Waals surface area contributed by atoms with Crippen LogP contribution in [0.15, 0.2) is 164 Å². The molecule has 0 heterocycles. The maximum Gasteiger partial charge on any atom is 0.407 e. The van der Waals surface area contributed by atoms with E-state index in [1.807, 2.05) is 74.5 Å². The van der Waals surface area contributed by atoms with E-state index < -0.39 is 6.09 Å². The van der Waals surface area contributed by atoms with Crippen LogP contribution in [0.3, 0.4) is 0 Å². The fraction of sp³-hybridized carbons (Fsp3) is 0.230. The minimum absolute atomic E-state index is 0.0852. The summed E-state index contributed by atoms with van der Waals surface area (Å²) in [4.78, 5) is 34.9. The van der Waals surface area contributed by atoms with Gasteiger partial charge in [0.1, 0.15) is 6.61 Å². The van der Waals surface area contributed by atoms with Crippen LogP contribution >= 0.6 is 0 Å². The largest absolute Gasteiger partial charge is 0.445 e. The molecule has 360 valence electrons. The van der Waals surface area contributed by atoms with Crippen molar-refractivity contribution in [1.29, 1.82) is 0 Å². The third-order valence-corrected chi connectivity index (χ3v) is 11.7. The van der Waals surface area contributed by atoms with E-state index in [4.69, 9.17) is 9.47 Å². The number of aryl methyl sites for hydroxylation is 1. The lowest BCUT2D eigenvalue weighted by atomic mass is 9.97. The Morgan fingerprint density at radius 2 is 0.843 bits per heavy atom. The van der Waals surface area contributed by atoms with Gasteiger partial charge in [0.05, 0.1) is 6.61 Å². The van der Waals surface area contributed by atoms with Gasteiger partial charge in [-0.2, -0.15) is 0 Å². The number of carbonyl (C=O) groups excluding carboxylic acids is 3. The molecule has 0 fully saturated rings. The van der Waals surface area contributed by atoms with Gasteiger partial charge in [0, 0.05) is 51.8 Å². The van der Waals surface area contributed by atoms with E-state index in [0.29, 0.717) is 39.1 Å². The molecule has 0 atom stereocenters. The molecule has 0 radical (unpaired) electrons. The van der Waals surface area contributed by atoms with Crippen molar-refractivity contribution in [2.24, 2.45) is 0 Å². The average molecular weight is 936 g/mol. The number of nitrogens with one attached hydrogen (secondary N) is 3. The monoisotopic (exact) mass is 935 g/mol. The third kappa shape index (κ3) is 14.6. The molecule has 9 aromatic rings. The second kappa shape index (κ2) is 28.5. The molecule has 0 aliphatic heterocycles. The molecular weight excluding hydrogens is 871 g/mol. The van der Waals surface area contributed by atoms with Crippen LogP contribution in [0.2, 0.25) is 0 Å². The number of aliphatic hydroxyl groups excluding tert-OH is 1. The quantitative estimate of drug-likeness (QED) is 0.0489. The van der Waals surface area contributed by atoms with Gasteiger partial charge in [-0.05, 0) is 114 Å². The second-order valence-electron chi connectivity index (χ2n) is 16.0. The van der Waals surface area contributed by atoms with Gasteiger partial charge in [0.2, 0.25) is 11.8 Å². The summed E-state index contributed by atoms with van der Waals surface area (Å²) in [7, 11) is 1.55. The van der Waals surface area contributed by atoms with E-state index in [1.165, 1.54) is 37.9 Å². The first kappa shape index (κ1) is 53.2. The second-order valence-corrected chi connectivity index (χ2v) is 16.0. The summed E-state index contributed by atoms with van der Waals surface area (Å²) in [6.07, 6.45) is 9.25. The molecular formula is C61H65N3O6. The van der Waals surface area contributed by atoms with Gasteiger partial charge in [0.15, 0.2) is 0 Å². The number of alkyl carbamates (subject to hydrolysis) is 1. The lowest BCUT2D eigenvalue weighted by Gasteiger charge is -2.13. The number of benzene rings is 9. The molecule has 0 aliphatic carbocycles. The Morgan fingerprint density at radius 1 is 0.500 bits per heavy atom. The Bertz CT molecular complexity index is 2980. The molecule has 0 aromatic heterocycles. The number of amides is 3. The standard InChI is InChI=1S/C27H33N3O5.C15H12O.C15H12.C2H6.C2H2/c1-28-25(31)12-13-26(32)29-14-6-16-34-17-7-15-30-27(33)35-19-24-22-10-4-2-8-20(22)18-21-9-3-5-11-23(21)24;16-10-15-13-7-3-1-5-11(13)9-12-6-2-4-8-14(12)15;1-11-14-8-4-2-6-12(14)10-13-7-3-5-9-15(11)13;2*1-2/h2-5,8-11,18H,6-7,12-17,19H2,1H3,(H,28,31)(H,29,32)(H,30,33);1-9,16H,10H2;2-10H,1H3;1-2H3;1-2H. The van der Waals surface area contributed by atoms with Crippen molar-refractivity contribution < 1.29 is 29.0 Å². The molecule has 0 unspecified atom stereocenters. The molecule has 9 heteroatoms. The number of hydrogen-bond donors (Lipinski definition) is 4. The molecule has 4 N–H and O–H groups in total. The number of aliphatic hydroxyl groups is 1. The highest BCUT2D eigenvalue weighted by molar-refractivity contribution is 6.04. The van der Waals surface area contributed by atoms with Crippen LogP contribution in [0.1, 0.15) is 56.2 Å². The highest BCUT2D eigenvalue weighted by Gasteiger charge is 2.11. The normalized spacial score (nSPS) is 10.4. The highest BCUT2D eigenvalue weighted by Crippen LogP contribution is 2.31. The van der Waals surface area contributed by atoms with E-state index in [2.05, 4.69) is 139 Å². The van der Waals surface area contributed by atoms with Crippen LogP contribution < -0.4 is 16.0 Å². The summed E-state index contributed by atoms with van der Waals surface area (Å²) in [6, 6.07) is 56.3. The predicted molar refractivity (Wildman–Crippen MR) is 291 cm³/mol. The number of terminal acetylenes is 1. The Kier molecular flexibility index (Phi) is 21.7. The predicted octanol–water partition coefficient (Wildman–Crippen LogP) is 12.7. The maximum absolute atomic E-state index is 12.2. The van der Waals surface area contributed by atoms with Gasteiger partial charge in [-0.15, -0.1) is 12.8 Å². The zero-order valence-corrected chi connectivity index (χ0v) is 40.8. The summed E-state index contributed by atoms with van der Waals surface area (Å²) in [5.74, 6) is -0.296. The van der Waals surface area contributed by atoms with Crippen LogP contribution in [0, 0.1) is 19.8 Å². The van der Waals surface area contributed by atoms with Gasteiger partial charge in [0.25, 0.3) is 0 Å². The van der Waals surface area contributed by atoms with Crippen LogP contribution in [-0.2, 0) is 32.3 Å². The van der Waals surface area contributed by atoms with E-state index in [1.54, 1.807) is 7.05 Å². The van der Waals surface area contributed by atoms with Gasteiger partial charge in [-0.1, -0.05) is 159 Å². The molecule has 9 aromatic carbocycles. The molecule has 0 spiro atoms. The van der Waals surface area contributed by atoms with Crippen LogP contribution in [0.4, 0.5) is 4.79 Å². The van der Waals surface area contributed by atoms with Crippen molar-refractivity contribution >= 4 is 82.5 Å². The topological polar surface area (TPSA) is 126 Å². The van der Waals surface area contributed by atoms with Crippen molar-refractivity contribution in [3.63, 3.8) is 0 Å². The third-order valence-electron chi connectivity index (χ3n) is 11.7. The van der Waals surface area contributed by atoms with Gasteiger partial charge >= 0.3 is 6.09 Å². The number of fused-ring (bicyclic) bond motifs is 6. The lowest BCUT2D eigenvalue weighted by molar-refractivity contribution is -0.126. The summed E-state index contributed by atoms with van der Waals surface area (Å²) >= 11 is 0. The zero-order valence-electron chi connectivity index (χ0n) is 40.8. The fourth-order valence-corrected chi connectivity index (χ4v) is 8.28. The van der Waals surface area contributed by atoms with Crippen LogP contribution in [0.5, 0.6) is 0 Å². The average Bonchev–Trinajstić information content (AvgIpc) is 3.41. The summed E-state index contributed by atoms with van der Waals surface area (Å²) in [5.41, 5.74) is 3.40. The van der Waals surface area contributed by atoms with Crippen molar-refractivity contribution in [1.82, 2.24) is 16.0 Å². The number of rotatable bonds is 14. The number of hydrogen-bond acceptors (Lipinski definition) is 6. The van der Waals surface area contributed by atoms with Crippen molar-refractivity contribution in [3.8, 4) is 12.8 Å². The molecule has 0 saturated carbocycles. The van der Waals surface area contributed by atoms with E-state index in [-0.39, 0.29) is 37.9 Å². The molecule has 0 aliphatic rings. The maximum atomic E-state index is 12.2. The van der Waals surface area contributed by atoms with Crippen molar-refractivity contribution in [2.45, 2.75) is 59.7 Å². The van der Waals surface area contributed by atoms with Gasteiger partial charge in [-0.3, -0.25) is 9.59 Å². The van der Waals surface area contributed by atoms with Gasteiger partial charge in [-0.25, -0.2) is 4.79 Å². The minimum Gasteiger partial charge on any atom is -0.445 e. The minimum atomic E-state index is -0.457. The lowest BCUT2D eigenvalue weighted by Crippen LogP contribution is -2.27. The first-order chi connectivity index (χ1) is 34.3. The highest BCUT2D eigenvalue weighted by atomic mass is 16.5. The smallest absolute Gasteiger partial charge is 0.407 e. The van der Waals surface area contributed by atoms with E-state index >= 15 is 0 Å². The summed E-state index contributed by atoms with van der Waals surface area (Å²) in [6.45, 7) is 8.43. The Hall–Kier alpha value is -7.77. The number of carbonyl (C=O) groups is 3. The molecule has 0 saturated heterocycles. The molecule has 70 heavy (non-hydrogen) atoms. The van der Waals surface area contributed by atoms with Crippen LogP contribution in [-0.4, -0.2) is 56.4 Å². The summed E-state index contributed by atoms with van der Waals surface area (Å²) in [5, 5.41) is 32.0. The van der Waals surface area contributed by atoms with Crippen molar-refractivity contribution in [3.05, 3.63) is 180 Å². The van der Waals surface area contributed by atoms with Crippen LogP contribution in [0.25, 0.3) is 64.6 Å². The zero-order chi connectivity index (χ0) is 50.1. The SMILES string of the molecule is C#C.CC.CNC(=O)CCC(=O)NCCCOCCCNC(=O)OCc1c2ccccc2cc2ccccc12.Cc1c2ccccc2cc2ccccc12.OCc1c2ccccc2cc2ccccc12. The first-order valence-corrected chi connectivity index (χ1v) is 23.9. The van der Waals surface area contributed by atoms with Gasteiger partial charge < -0.3 is 30.5 Å². The molecule has 0 bridgehead atoms.